The van der Waals surface area contributed by atoms with Crippen LogP contribution in [0, 0.1) is 12.8 Å². The maximum Gasteiger partial charge on any atom is 0.275 e. The van der Waals surface area contributed by atoms with Crippen LogP contribution in [0.3, 0.4) is 0 Å². The zero-order valence-electron chi connectivity index (χ0n) is 15.1. The van der Waals surface area contributed by atoms with Crippen LogP contribution in [0.1, 0.15) is 25.0 Å². The highest BCUT2D eigenvalue weighted by molar-refractivity contribution is 5.83. The van der Waals surface area contributed by atoms with E-state index < -0.39 is 0 Å². The molecule has 2 saturated heterocycles. The van der Waals surface area contributed by atoms with E-state index in [1.807, 2.05) is 30.0 Å². The molecule has 0 bridgehead atoms. The molecule has 0 aliphatic carbocycles. The van der Waals surface area contributed by atoms with E-state index in [9.17, 15) is 9.59 Å². The molecule has 1 aromatic carbocycles. The Bertz CT molecular complexity index is 872. The van der Waals surface area contributed by atoms with Gasteiger partial charge in [-0.25, -0.2) is 4.68 Å². The minimum atomic E-state index is -0.199. The summed E-state index contributed by atoms with van der Waals surface area (Å²) in [6.07, 6.45) is 3.24. The summed E-state index contributed by atoms with van der Waals surface area (Å²) in [6.45, 7) is 4.37. The number of fused-ring (bicyclic) bond motifs is 1. The summed E-state index contributed by atoms with van der Waals surface area (Å²) in [5, 5.41) is 5.83. The van der Waals surface area contributed by atoms with Crippen LogP contribution in [-0.4, -0.2) is 46.3 Å². The Hall–Kier alpha value is -2.25. The van der Waals surface area contributed by atoms with Crippen LogP contribution in [-0.2, 0) is 11.3 Å². The van der Waals surface area contributed by atoms with Gasteiger partial charge in [-0.15, -0.1) is 0 Å². The molecule has 4 rings (SSSR count). The average Bonchev–Trinajstić information content (AvgIpc) is 3.21. The quantitative estimate of drug-likeness (QED) is 0.852. The van der Waals surface area contributed by atoms with Crippen LogP contribution in [0.2, 0.25) is 0 Å². The Balaban J connectivity index is 1.52. The van der Waals surface area contributed by atoms with E-state index in [1.54, 1.807) is 6.07 Å². The highest BCUT2D eigenvalue weighted by atomic mass is 16.2. The SMILES string of the molecule is Cc1nn(CC(=O)N2CCCC(C3CCNN3)C2)c(=O)c2ccccc12. The number of carbonyl (C=O) groups excluding carboxylic acids is 1. The van der Waals surface area contributed by atoms with Crippen LogP contribution in [0.15, 0.2) is 29.1 Å². The van der Waals surface area contributed by atoms with E-state index in [2.05, 4.69) is 16.0 Å². The Morgan fingerprint density at radius 2 is 2.08 bits per heavy atom. The molecule has 1 amide bonds. The topological polar surface area (TPSA) is 79.3 Å². The molecule has 0 radical (unpaired) electrons. The van der Waals surface area contributed by atoms with Crippen molar-refractivity contribution in [2.45, 2.75) is 38.8 Å². The van der Waals surface area contributed by atoms with Gasteiger partial charge in [-0.2, -0.15) is 5.10 Å². The van der Waals surface area contributed by atoms with Crippen molar-refractivity contribution < 1.29 is 4.79 Å². The summed E-state index contributed by atoms with van der Waals surface area (Å²) < 4.78 is 1.32. The molecule has 0 spiro atoms. The second-order valence-electron chi connectivity index (χ2n) is 7.30. The van der Waals surface area contributed by atoms with Crippen LogP contribution < -0.4 is 16.4 Å². The second-order valence-corrected chi connectivity index (χ2v) is 7.30. The third-order valence-corrected chi connectivity index (χ3v) is 5.58. The molecular formula is C19H25N5O2. The number of amides is 1. The summed E-state index contributed by atoms with van der Waals surface area (Å²) in [5.41, 5.74) is 7.06. The number of aromatic nitrogens is 2. The number of piperidine rings is 1. The number of carbonyl (C=O) groups is 1. The highest BCUT2D eigenvalue weighted by Gasteiger charge is 2.31. The first-order chi connectivity index (χ1) is 12.6. The van der Waals surface area contributed by atoms with Gasteiger partial charge in [-0.3, -0.25) is 20.4 Å². The van der Waals surface area contributed by atoms with E-state index in [0.717, 1.165) is 50.0 Å². The monoisotopic (exact) mass is 355 g/mol. The number of hydrogen-bond donors (Lipinski definition) is 2. The number of hydrazine groups is 1. The van der Waals surface area contributed by atoms with Gasteiger partial charge in [0.2, 0.25) is 5.91 Å². The Morgan fingerprint density at radius 3 is 2.85 bits per heavy atom. The molecule has 0 saturated carbocycles. The minimum absolute atomic E-state index is 0.00751. The zero-order valence-corrected chi connectivity index (χ0v) is 15.1. The number of nitrogens with zero attached hydrogens (tertiary/aromatic N) is 3. The van der Waals surface area contributed by atoms with Crippen molar-refractivity contribution in [1.82, 2.24) is 25.5 Å². The van der Waals surface area contributed by atoms with Crippen molar-refractivity contribution in [2.75, 3.05) is 19.6 Å². The lowest BCUT2D eigenvalue weighted by Crippen LogP contribution is -2.48. The fourth-order valence-electron chi connectivity index (χ4n) is 4.16. The first kappa shape index (κ1) is 17.2. The summed E-state index contributed by atoms with van der Waals surface area (Å²) in [4.78, 5) is 27.4. The van der Waals surface area contributed by atoms with Crippen molar-refractivity contribution in [3.63, 3.8) is 0 Å². The van der Waals surface area contributed by atoms with E-state index in [4.69, 9.17) is 0 Å². The largest absolute Gasteiger partial charge is 0.341 e. The van der Waals surface area contributed by atoms with Gasteiger partial charge in [0, 0.05) is 31.1 Å². The van der Waals surface area contributed by atoms with Crippen LogP contribution in [0.25, 0.3) is 10.8 Å². The number of rotatable bonds is 3. The smallest absolute Gasteiger partial charge is 0.275 e. The lowest BCUT2D eigenvalue weighted by molar-refractivity contribution is -0.134. The first-order valence-corrected chi connectivity index (χ1v) is 9.36. The Kier molecular flexibility index (Phi) is 4.74. The average molecular weight is 355 g/mol. The minimum Gasteiger partial charge on any atom is -0.341 e. The molecule has 26 heavy (non-hydrogen) atoms. The van der Waals surface area contributed by atoms with E-state index in [1.165, 1.54) is 4.68 Å². The lowest BCUT2D eigenvalue weighted by atomic mass is 9.90. The van der Waals surface area contributed by atoms with Gasteiger partial charge in [-0.1, -0.05) is 18.2 Å². The number of aryl methyl sites for hydroxylation is 1. The predicted octanol–water partition coefficient (Wildman–Crippen LogP) is 0.810. The second kappa shape index (κ2) is 7.17. The summed E-state index contributed by atoms with van der Waals surface area (Å²) in [6, 6.07) is 7.85. The van der Waals surface area contributed by atoms with Crippen molar-refractivity contribution in [3.8, 4) is 0 Å². The maximum absolute atomic E-state index is 12.8. The van der Waals surface area contributed by atoms with E-state index >= 15 is 0 Å². The molecule has 7 heteroatoms. The maximum atomic E-state index is 12.8. The van der Waals surface area contributed by atoms with E-state index in [0.29, 0.717) is 17.3 Å². The fourth-order valence-corrected chi connectivity index (χ4v) is 4.16. The van der Waals surface area contributed by atoms with Gasteiger partial charge in [0.05, 0.1) is 11.1 Å². The predicted molar refractivity (Wildman–Crippen MR) is 99.6 cm³/mol. The van der Waals surface area contributed by atoms with Gasteiger partial charge < -0.3 is 4.90 Å². The lowest BCUT2D eigenvalue weighted by Gasteiger charge is -2.35. The Labute approximate surface area is 152 Å². The molecule has 138 valence electrons. The number of hydrogen-bond acceptors (Lipinski definition) is 5. The Morgan fingerprint density at radius 1 is 1.27 bits per heavy atom. The van der Waals surface area contributed by atoms with Gasteiger partial charge >= 0.3 is 0 Å². The van der Waals surface area contributed by atoms with Crippen LogP contribution in [0.4, 0.5) is 0 Å². The summed E-state index contributed by atoms with van der Waals surface area (Å²) in [5.74, 6) is 0.440. The van der Waals surface area contributed by atoms with E-state index in [-0.39, 0.29) is 18.0 Å². The zero-order chi connectivity index (χ0) is 18.1. The van der Waals surface area contributed by atoms with Gasteiger partial charge in [-0.05, 0) is 38.2 Å². The third kappa shape index (κ3) is 3.24. The molecule has 2 aromatic rings. The summed E-state index contributed by atoms with van der Waals surface area (Å²) >= 11 is 0. The number of likely N-dealkylation sites (tertiary alicyclic amines) is 1. The normalized spacial score (nSPS) is 23.5. The third-order valence-electron chi connectivity index (χ3n) is 5.58. The molecule has 2 unspecified atom stereocenters. The molecule has 2 aliphatic rings. The van der Waals surface area contributed by atoms with Gasteiger partial charge in [0.1, 0.15) is 6.54 Å². The first-order valence-electron chi connectivity index (χ1n) is 9.36. The fraction of sp³-hybridized carbons (Fsp3) is 0.526. The molecule has 2 atom stereocenters. The van der Waals surface area contributed by atoms with Gasteiger partial charge in [0.15, 0.2) is 0 Å². The molecule has 2 N–H and O–H groups in total. The molecule has 1 aromatic heterocycles. The van der Waals surface area contributed by atoms with Gasteiger partial charge in [0.25, 0.3) is 5.56 Å². The highest BCUT2D eigenvalue weighted by Crippen LogP contribution is 2.23. The van der Waals surface area contributed by atoms with Crippen molar-refractivity contribution in [3.05, 3.63) is 40.3 Å². The molecular weight excluding hydrogens is 330 g/mol. The molecule has 2 aliphatic heterocycles. The van der Waals surface area contributed by atoms with Crippen molar-refractivity contribution in [2.24, 2.45) is 5.92 Å². The van der Waals surface area contributed by atoms with Crippen LogP contribution >= 0.6 is 0 Å². The molecule has 2 fully saturated rings. The molecule has 3 heterocycles. The molecule has 7 nitrogen and oxygen atoms in total. The van der Waals surface area contributed by atoms with Crippen molar-refractivity contribution in [1.29, 1.82) is 0 Å². The number of nitrogens with one attached hydrogen (secondary N) is 2. The van der Waals surface area contributed by atoms with Crippen molar-refractivity contribution >= 4 is 16.7 Å². The summed E-state index contributed by atoms with van der Waals surface area (Å²) in [7, 11) is 0. The number of benzene rings is 1. The van der Waals surface area contributed by atoms with Crippen LogP contribution in [0.5, 0.6) is 0 Å². The standard InChI is InChI=1S/C19H25N5O2/c1-13-15-6-2-3-7-16(15)19(26)24(22-13)12-18(25)23-10-4-5-14(11-23)17-8-9-20-21-17/h2-3,6-7,14,17,20-21H,4-5,8-12H2,1H3.